The standard InChI is InChI=1S/C15H26N6/c1-5-7-16-14(6-2)13-8-18-20(9-13)10-15-17-11-19-21(15)12(3)4/h8-9,11-12,14,16H,5-7,10H2,1-4H3. The van der Waals surface area contributed by atoms with Gasteiger partial charge in [0.1, 0.15) is 18.7 Å². The van der Waals surface area contributed by atoms with Crippen LogP contribution in [0.1, 0.15) is 64.0 Å². The zero-order chi connectivity index (χ0) is 15.2. The van der Waals surface area contributed by atoms with Crippen molar-refractivity contribution >= 4 is 0 Å². The molecule has 0 spiro atoms. The van der Waals surface area contributed by atoms with E-state index in [4.69, 9.17) is 0 Å². The second kappa shape index (κ2) is 7.36. The number of rotatable bonds is 8. The van der Waals surface area contributed by atoms with E-state index in [0.717, 1.165) is 25.2 Å². The zero-order valence-electron chi connectivity index (χ0n) is 13.5. The van der Waals surface area contributed by atoms with Gasteiger partial charge in [0.2, 0.25) is 0 Å². The fourth-order valence-electron chi connectivity index (χ4n) is 2.43. The summed E-state index contributed by atoms with van der Waals surface area (Å²) in [5.74, 6) is 0.939. The van der Waals surface area contributed by atoms with Gasteiger partial charge in [-0.25, -0.2) is 9.67 Å². The molecule has 0 amide bonds. The number of hydrogen-bond donors (Lipinski definition) is 1. The van der Waals surface area contributed by atoms with Gasteiger partial charge in [-0.15, -0.1) is 0 Å². The Kier molecular flexibility index (Phi) is 5.50. The van der Waals surface area contributed by atoms with Crippen molar-refractivity contribution in [2.45, 2.75) is 59.2 Å². The summed E-state index contributed by atoms with van der Waals surface area (Å²) in [5.41, 5.74) is 1.24. The molecule has 1 N–H and O–H groups in total. The third-order valence-corrected chi connectivity index (χ3v) is 3.54. The highest BCUT2D eigenvalue weighted by molar-refractivity contribution is 5.10. The van der Waals surface area contributed by atoms with Crippen LogP contribution in [0.25, 0.3) is 0 Å². The molecule has 1 atom stereocenters. The molecule has 0 aliphatic carbocycles. The van der Waals surface area contributed by atoms with Crippen molar-refractivity contribution < 1.29 is 0 Å². The molecular weight excluding hydrogens is 264 g/mol. The summed E-state index contributed by atoms with van der Waals surface area (Å²) in [4.78, 5) is 4.33. The van der Waals surface area contributed by atoms with E-state index in [1.807, 2.05) is 15.6 Å². The van der Waals surface area contributed by atoms with Gasteiger partial charge in [0.25, 0.3) is 0 Å². The Morgan fingerprint density at radius 1 is 1.24 bits per heavy atom. The van der Waals surface area contributed by atoms with Crippen LogP contribution in [0.4, 0.5) is 0 Å². The lowest BCUT2D eigenvalue weighted by Crippen LogP contribution is -2.21. The first-order valence-electron chi connectivity index (χ1n) is 7.79. The van der Waals surface area contributed by atoms with Crippen molar-refractivity contribution in [1.29, 1.82) is 0 Å². The van der Waals surface area contributed by atoms with Gasteiger partial charge in [-0.1, -0.05) is 13.8 Å². The molecule has 0 aromatic carbocycles. The molecule has 0 saturated carbocycles. The number of aromatic nitrogens is 5. The minimum absolute atomic E-state index is 0.312. The molecule has 0 radical (unpaired) electrons. The molecule has 0 aliphatic heterocycles. The molecule has 0 saturated heterocycles. The van der Waals surface area contributed by atoms with Crippen LogP contribution >= 0.6 is 0 Å². The molecule has 1 unspecified atom stereocenters. The minimum Gasteiger partial charge on any atom is -0.310 e. The summed E-state index contributed by atoms with van der Waals surface area (Å²) < 4.78 is 3.88. The number of hydrogen-bond acceptors (Lipinski definition) is 4. The Balaban J connectivity index is 2.07. The molecule has 6 heteroatoms. The van der Waals surface area contributed by atoms with Gasteiger partial charge >= 0.3 is 0 Å². The highest BCUT2D eigenvalue weighted by Gasteiger charge is 2.13. The summed E-state index contributed by atoms with van der Waals surface area (Å²) in [6.07, 6.45) is 7.87. The summed E-state index contributed by atoms with van der Waals surface area (Å²) in [6, 6.07) is 0.689. The lowest BCUT2D eigenvalue weighted by atomic mass is 10.1. The van der Waals surface area contributed by atoms with Gasteiger partial charge in [0, 0.05) is 23.8 Å². The molecule has 2 aromatic rings. The van der Waals surface area contributed by atoms with Gasteiger partial charge in [0.15, 0.2) is 0 Å². The fourth-order valence-corrected chi connectivity index (χ4v) is 2.43. The van der Waals surface area contributed by atoms with E-state index in [1.165, 1.54) is 5.56 Å². The van der Waals surface area contributed by atoms with Gasteiger partial charge < -0.3 is 5.32 Å². The van der Waals surface area contributed by atoms with Crippen molar-refractivity contribution in [1.82, 2.24) is 29.9 Å². The van der Waals surface area contributed by atoms with Gasteiger partial charge in [-0.3, -0.25) is 4.68 Å². The minimum atomic E-state index is 0.312. The molecular formula is C15H26N6. The maximum atomic E-state index is 4.46. The van der Waals surface area contributed by atoms with E-state index in [0.29, 0.717) is 18.6 Å². The Bertz CT molecular complexity index is 542. The molecule has 2 heterocycles. The van der Waals surface area contributed by atoms with Crippen LogP contribution in [0.15, 0.2) is 18.7 Å². The van der Waals surface area contributed by atoms with E-state index in [2.05, 4.69) is 54.4 Å². The van der Waals surface area contributed by atoms with E-state index in [9.17, 15) is 0 Å². The lowest BCUT2D eigenvalue weighted by molar-refractivity contribution is 0.487. The maximum Gasteiger partial charge on any atom is 0.148 e. The Hall–Kier alpha value is -1.69. The summed E-state index contributed by atoms with van der Waals surface area (Å²) >= 11 is 0. The molecule has 21 heavy (non-hydrogen) atoms. The Labute approximate surface area is 126 Å². The SMILES string of the molecule is CCCNC(CC)c1cnn(Cc2ncnn2C(C)C)c1. The first-order chi connectivity index (χ1) is 10.2. The van der Waals surface area contributed by atoms with Crippen LogP contribution in [0.3, 0.4) is 0 Å². The second-order valence-electron chi connectivity index (χ2n) is 5.60. The Morgan fingerprint density at radius 2 is 2.05 bits per heavy atom. The van der Waals surface area contributed by atoms with E-state index < -0.39 is 0 Å². The molecule has 0 aliphatic rings. The van der Waals surface area contributed by atoms with E-state index in [-0.39, 0.29) is 0 Å². The predicted octanol–water partition coefficient (Wildman–Crippen LogP) is 2.55. The van der Waals surface area contributed by atoms with Crippen LogP contribution in [0.5, 0.6) is 0 Å². The van der Waals surface area contributed by atoms with Crippen LogP contribution < -0.4 is 5.32 Å². The summed E-state index contributed by atoms with van der Waals surface area (Å²) in [7, 11) is 0. The smallest absolute Gasteiger partial charge is 0.148 e. The predicted molar refractivity (Wildman–Crippen MR) is 83.1 cm³/mol. The molecule has 6 nitrogen and oxygen atoms in total. The van der Waals surface area contributed by atoms with Crippen molar-refractivity contribution in [2.75, 3.05) is 6.54 Å². The van der Waals surface area contributed by atoms with Crippen LogP contribution in [-0.2, 0) is 6.54 Å². The quantitative estimate of drug-likeness (QED) is 0.811. The number of nitrogens with zero attached hydrogens (tertiary/aromatic N) is 5. The van der Waals surface area contributed by atoms with Crippen LogP contribution in [-0.4, -0.2) is 31.1 Å². The average molecular weight is 290 g/mol. The molecule has 2 aromatic heterocycles. The molecule has 0 bridgehead atoms. The molecule has 116 valence electrons. The van der Waals surface area contributed by atoms with Crippen molar-refractivity contribution in [3.63, 3.8) is 0 Å². The van der Waals surface area contributed by atoms with Crippen molar-refractivity contribution in [2.24, 2.45) is 0 Å². The van der Waals surface area contributed by atoms with Crippen molar-refractivity contribution in [3.8, 4) is 0 Å². The molecule has 2 rings (SSSR count). The topological polar surface area (TPSA) is 60.6 Å². The summed E-state index contributed by atoms with van der Waals surface area (Å²) in [6.45, 7) is 10.3. The second-order valence-corrected chi connectivity index (χ2v) is 5.60. The van der Waals surface area contributed by atoms with Gasteiger partial charge in [-0.2, -0.15) is 10.2 Å². The first kappa shape index (κ1) is 15.7. The van der Waals surface area contributed by atoms with Crippen LogP contribution in [0, 0.1) is 0 Å². The average Bonchev–Trinajstić information content (AvgIpc) is 3.10. The Morgan fingerprint density at radius 3 is 2.71 bits per heavy atom. The zero-order valence-corrected chi connectivity index (χ0v) is 13.5. The highest BCUT2D eigenvalue weighted by Crippen LogP contribution is 2.16. The fraction of sp³-hybridized carbons (Fsp3) is 0.667. The number of nitrogens with one attached hydrogen (secondary N) is 1. The lowest BCUT2D eigenvalue weighted by Gasteiger charge is -2.14. The normalized spacial score (nSPS) is 13.0. The monoisotopic (exact) mass is 290 g/mol. The third-order valence-electron chi connectivity index (χ3n) is 3.54. The van der Waals surface area contributed by atoms with Gasteiger partial charge in [0.05, 0.1) is 6.20 Å². The maximum absolute atomic E-state index is 4.46. The first-order valence-corrected chi connectivity index (χ1v) is 7.79. The largest absolute Gasteiger partial charge is 0.310 e. The van der Waals surface area contributed by atoms with Crippen LogP contribution in [0.2, 0.25) is 0 Å². The summed E-state index contributed by atoms with van der Waals surface area (Å²) in [5, 5.41) is 12.3. The van der Waals surface area contributed by atoms with E-state index >= 15 is 0 Å². The molecule has 0 fully saturated rings. The van der Waals surface area contributed by atoms with Crippen molar-refractivity contribution in [3.05, 3.63) is 30.1 Å². The van der Waals surface area contributed by atoms with E-state index in [1.54, 1.807) is 6.33 Å². The van der Waals surface area contributed by atoms with Gasteiger partial charge in [-0.05, 0) is 33.2 Å². The third kappa shape index (κ3) is 3.91. The highest BCUT2D eigenvalue weighted by atomic mass is 15.4.